The molecule has 0 aliphatic heterocycles. The molecule has 1 unspecified atom stereocenters. The Labute approximate surface area is 182 Å². The molecule has 0 bridgehead atoms. The second-order valence-electron chi connectivity index (χ2n) is 6.61. The standard InChI is InChI=1S/C22H23Br2NOS/c1-25(12-18-9-5-6-10-21(18)23)20(11-17-7-3-2-4-8-17)14-26-13-19-15-27-16-22(19)24/h2-10,15-16,20H,11-14H2,1H3. The van der Waals surface area contributed by atoms with Crippen LogP contribution in [0.15, 0.2) is 74.3 Å². The van der Waals surface area contributed by atoms with Gasteiger partial charge in [0.2, 0.25) is 0 Å². The highest BCUT2D eigenvalue weighted by Gasteiger charge is 2.17. The maximum Gasteiger partial charge on any atom is 0.0736 e. The topological polar surface area (TPSA) is 12.5 Å². The highest BCUT2D eigenvalue weighted by molar-refractivity contribution is 9.10. The summed E-state index contributed by atoms with van der Waals surface area (Å²) >= 11 is 8.94. The zero-order valence-corrected chi connectivity index (χ0v) is 19.3. The number of likely N-dealkylation sites (N-methyl/N-ethyl adjacent to an activating group) is 1. The Balaban J connectivity index is 1.66. The van der Waals surface area contributed by atoms with E-state index in [0.29, 0.717) is 19.3 Å². The Hall–Kier alpha value is -0.980. The number of hydrogen-bond acceptors (Lipinski definition) is 3. The summed E-state index contributed by atoms with van der Waals surface area (Å²) in [6.45, 7) is 2.21. The highest BCUT2D eigenvalue weighted by atomic mass is 79.9. The minimum Gasteiger partial charge on any atom is -0.375 e. The fourth-order valence-electron chi connectivity index (χ4n) is 2.97. The maximum atomic E-state index is 6.11. The number of benzene rings is 2. The molecule has 2 nitrogen and oxygen atoms in total. The van der Waals surface area contributed by atoms with Crippen molar-refractivity contribution in [1.29, 1.82) is 0 Å². The van der Waals surface area contributed by atoms with E-state index in [0.717, 1.165) is 21.9 Å². The van der Waals surface area contributed by atoms with Crippen LogP contribution in [-0.4, -0.2) is 24.6 Å². The van der Waals surface area contributed by atoms with Crippen LogP contribution in [0.3, 0.4) is 0 Å². The SMILES string of the molecule is CN(Cc1ccccc1Br)C(COCc1cscc1Br)Cc1ccccc1. The van der Waals surface area contributed by atoms with Gasteiger partial charge < -0.3 is 4.74 Å². The quantitative estimate of drug-likeness (QED) is 0.325. The molecule has 3 rings (SSSR count). The molecule has 2 aromatic carbocycles. The minimum atomic E-state index is 0.303. The van der Waals surface area contributed by atoms with Gasteiger partial charge >= 0.3 is 0 Å². The number of ether oxygens (including phenoxy) is 1. The van der Waals surface area contributed by atoms with Gasteiger partial charge in [-0.2, -0.15) is 11.3 Å². The van der Waals surface area contributed by atoms with Crippen LogP contribution >= 0.6 is 43.2 Å². The van der Waals surface area contributed by atoms with Crippen LogP contribution in [0.2, 0.25) is 0 Å². The molecule has 0 aliphatic carbocycles. The van der Waals surface area contributed by atoms with Crippen LogP contribution in [0, 0.1) is 0 Å². The summed E-state index contributed by atoms with van der Waals surface area (Å²) in [7, 11) is 2.18. The van der Waals surface area contributed by atoms with Gasteiger partial charge in [0.1, 0.15) is 0 Å². The molecule has 0 saturated carbocycles. The molecular formula is C22H23Br2NOS. The van der Waals surface area contributed by atoms with Gasteiger partial charge in [-0.15, -0.1) is 0 Å². The van der Waals surface area contributed by atoms with E-state index in [1.54, 1.807) is 11.3 Å². The van der Waals surface area contributed by atoms with E-state index in [4.69, 9.17) is 4.74 Å². The third kappa shape index (κ3) is 6.26. The van der Waals surface area contributed by atoms with E-state index in [-0.39, 0.29) is 0 Å². The Kier molecular flexibility index (Phi) is 8.09. The van der Waals surface area contributed by atoms with Crippen molar-refractivity contribution in [3.8, 4) is 0 Å². The molecule has 0 aliphatic rings. The number of hydrogen-bond donors (Lipinski definition) is 0. The normalized spacial score (nSPS) is 12.4. The zero-order chi connectivity index (χ0) is 19.1. The monoisotopic (exact) mass is 507 g/mol. The Morgan fingerprint density at radius 1 is 0.926 bits per heavy atom. The first-order chi connectivity index (χ1) is 13.1. The number of rotatable bonds is 9. The average Bonchev–Trinajstić information content (AvgIpc) is 3.08. The van der Waals surface area contributed by atoms with E-state index in [9.17, 15) is 0 Å². The predicted molar refractivity (Wildman–Crippen MR) is 121 cm³/mol. The van der Waals surface area contributed by atoms with E-state index in [1.807, 2.05) is 0 Å². The molecule has 0 N–H and O–H groups in total. The summed E-state index contributed by atoms with van der Waals surface area (Å²) in [6.07, 6.45) is 0.965. The molecular weight excluding hydrogens is 486 g/mol. The first-order valence-electron chi connectivity index (χ1n) is 8.89. The summed E-state index contributed by atoms with van der Waals surface area (Å²) in [5.74, 6) is 0. The van der Waals surface area contributed by atoms with Crippen LogP contribution in [0.4, 0.5) is 0 Å². The summed E-state index contributed by atoms with van der Waals surface area (Å²) in [5.41, 5.74) is 3.84. The smallest absolute Gasteiger partial charge is 0.0736 e. The van der Waals surface area contributed by atoms with Crippen LogP contribution in [0.5, 0.6) is 0 Å². The molecule has 1 heterocycles. The maximum absolute atomic E-state index is 6.11. The molecule has 1 atom stereocenters. The lowest BCUT2D eigenvalue weighted by Gasteiger charge is -2.28. The largest absolute Gasteiger partial charge is 0.375 e. The summed E-state index contributed by atoms with van der Waals surface area (Å²) in [6, 6.07) is 19.4. The Bertz CT molecular complexity index is 837. The van der Waals surface area contributed by atoms with Crippen molar-refractivity contribution in [3.05, 3.63) is 91.0 Å². The zero-order valence-electron chi connectivity index (χ0n) is 15.3. The fourth-order valence-corrected chi connectivity index (χ4v) is 4.78. The van der Waals surface area contributed by atoms with Gasteiger partial charge in [-0.25, -0.2) is 0 Å². The van der Waals surface area contributed by atoms with Gasteiger partial charge in [0, 0.05) is 32.5 Å². The second-order valence-corrected chi connectivity index (χ2v) is 9.06. The van der Waals surface area contributed by atoms with Crippen LogP contribution in [0.1, 0.15) is 16.7 Å². The van der Waals surface area contributed by atoms with Crippen molar-refractivity contribution in [3.63, 3.8) is 0 Å². The molecule has 0 saturated heterocycles. The Morgan fingerprint density at radius 2 is 1.67 bits per heavy atom. The molecule has 0 amide bonds. The van der Waals surface area contributed by atoms with Gasteiger partial charge in [0.15, 0.2) is 0 Å². The molecule has 0 spiro atoms. The van der Waals surface area contributed by atoms with Crippen molar-refractivity contribution in [2.24, 2.45) is 0 Å². The molecule has 142 valence electrons. The molecule has 1 aromatic heterocycles. The molecule has 27 heavy (non-hydrogen) atoms. The van der Waals surface area contributed by atoms with E-state index in [2.05, 4.69) is 109 Å². The summed E-state index contributed by atoms with van der Waals surface area (Å²) < 4.78 is 8.39. The van der Waals surface area contributed by atoms with Crippen LogP contribution in [0.25, 0.3) is 0 Å². The fraction of sp³-hybridized carbons (Fsp3) is 0.273. The lowest BCUT2D eigenvalue weighted by molar-refractivity contribution is 0.0573. The first-order valence-corrected chi connectivity index (χ1v) is 11.4. The van der Waals surface area contributed by atoms with E-state index in [1.165, 1.54) is 16.7 Å². The molecule has 3 aromatic rings. The predicted octanol–water partition coefficient (Wildman–Crippen LogP) is 6.53. The van der Waals surface area contributed by atoms with E-state index < -0.39 is 0 Å². The number of nitrogens with zero attached hydrogens (tertiary/aromatic N) is 1. The van der Waals surface area contributed by atoms with Crippen LogP contribution < -0.4 is 0 Å². The first kappa shape index (κ1) is 20.7. The lowest BCUT2D eigenvalue weighted by Crippen LogP contribution is -2.37. The average molecular weight is 509 g/mol. The number of thiophene rings is 1. The van der Waals surface area contributed by atoms with Gasteiger partial charge in [0.25, 0.3) is 0 Å². The molecule has 0 radical (unpaired) electrons. The third-order valence-electron chi connectivity index (χ3n) is 4.57. The van der Waals surface area contributed by atoms with E-state index >= 15 is 0 Å². The van der Waals surface area contributed by atoms with Crippen molar-refractivity contribution in [1.82, 2.24) is 4.90 Å². The third-order valence-corrected chi connectivity index (χ3v) is 7.18. The van der Waals surface area contributed by atoms with Crippen molar-refractivity contribution < 1.29 is 4.74 Å². The summed E-state index contributed by atoms with van der Waals surface area (Å²) in [4.78, 5) is 2.38. The lowest BCUT2D eigenvalue weighted by atomic mass is 10.0. The van der Waals surface area contributed by atoms with Gasteiger partial charge in [0.05, 0.1) is 13.2 Å². The van der Waals surface area contributed by atoms with Gasteiger partial charge in [-0.1, -0.05) is 64.5 Å². The minimum absolute atomic E-state index is 0.303. The number of halogens is 2. The van der Waals surface area contributed by atoms with Crippen LogP contribution in [-0.2, 0) is 24.3 Å². The van der Waals surface area contributed by atoms with Gasteiger partial charge in [-0.05, 0) is 52.0 Å². The Morgan fingerprint density at radius 3 is 2.37 bits per heavy atom. The highest BCUT2D eigenvalue weighted by Crippen LogP contribution is 2.23. The molecule has 5 heteroatoms. The molecule has 0 fully saturated rings. The van der Waals surface area contributed by atoms with Gasteiger partial charge in [-0.3, -0.25) is 4.90 Å². The van der Waals surface area contributed by atoms with Crippen molar-refractivity contribution in [2.75, 3.05) is 13.7 Å². The summed E-state index contributed by atoms with van der Waals surface area (Å²) in [5, 5.41) is 4.24. The van der Waals surface area contributed by atoms with Crippen molar-refractivity contribution in [2.45, 2.75) is 25.6 Å². The van der Waals surface area contributed by atoms with Crippen molar-refractivity contribution >= 4 is 43.2 Å². The second kappa shape index (κ2) is 10.5.